The first-order valence-corrected chi connectivity index (χ1v) is 11.1. The molecule has 3 rings (SSSR count). The Balaban J connectivity index is 1.72. The van der Waals surface area contributed by atoms with Crippen LogP contribution in [0, 0.1) is 5.82 Å². The first-order valence-electron chi connectivity index (χ1n) is 9.85. The average molecular weight is 395 g/mol. The summed E-state index contributed by atoms with van der Waals surface area (Å²) >= 11 is 1.70. The fraction of sp³-hybridized carbons (Fsp3) is 0.280. The van der Waals surface area contributed by atoms with Gasteiger partial charge in [0.1, 0.15) is 18.2 Å². The molecule has 0 radical (unpaired) electrons. The van der Waals surface area contributed by atoms with E-state index in [0.29, 0.717) is 5.56 Å². The zero-order valence-electron chi connectivity index (χ0n) is 16.6. The molecule has 3 aromatic rings. The summed E-state index contributed by atoms with van der Waals surface area (Å²) in [5.74, 6) is 0.536. The van der Waals surface area contributed by atoms with E-state index < -0.39 is 0 Å². The maximum Gasteiger partial charge on any atom is 0.130 e. The largest absolute Gasteiger partial charge is 0.489 e. The van der Waals surface area contributed by atoms with Gasteiger partial charge in [0.25, 0.3) is 0 Å². The van der Waals surface area contributed by atoms with Crippen LogP contribution < -0.4 is 4.74 Å². The van der Waals surface area contributed by atoms with Gasteiger partial charge in [-0.05, 0) is 66.1 Å². The van der Waals surface area contributed by atoms with Crippen molar-refractivity contribution >= 4 is 11.8 Å². The molecule has 0 saturated carbocycles. The summed E-state index contributed by atoms with van der Waals surface area (Å²) in [7, 11) is 0. The molecule has 0 heterocycles. The van der Waals surface area contributed by atoms with Crippen molar-refractivity contribution in [1.29, 1.82) is 0 Å². The van der Waals surface area contributed by atoms with E-state index in [9.17, 15) is 4.39 Å². The summed E-state index contributed by atoms with van der Waals surface area (Å²) in [6.45, 7) is 2.42. The molecule has 0 fully saturated rings. The van der Waals surface area contributed by atoms with Crippen molar-refractivity contribution in [2.75, 3.05) is 6.26 Å². The number of ether oxygens (including phenoxy) is 1. The minimum Gasteiger partial charge on any atom is -0.489 e. The highest BCUT2D eigenvalue weighted by molar-refractivity contribution is 7.98. The van der Waals surface area contributed by atoms with Crippen molar-refractivity contribution in [1.82, 2.24) is 0 Å². The molecule has 0 atom stereocenters. The lowest BCUT2D eigenvalue weighted by atomic mass is 9.99. The van der Waals surface area contributed by atoms with Crippen LogP contribution in [0.25, 0.3) is 11.1 Å². The monoisotopic (exact) mass is 394 g/mol. The first kappa shape index (κ1) is 20.5. The summed E-state index contributed by atoms with van der Waals surface area (Å²) in [6, 6.07) is 21.6. The average Bonchev–Trinajstić information content (AvgIpc) is 2.74. The third-order valence-electron chi connectivity index (χ3n) is 4.90. The highest BCUT2D eigenvalue weighted by atomic mass is 32.2. The molecule has 3 heteroatoms. The Bertz CT molecular complexity index is 872. The number of hydrogen-bond acceptors (Lipinski definition) is 2. The lowest BCUT2D eigenvalue weighted by Gasteiger charge is -2.13. The molecule has 0 saturated heterocycles. The Hall–Kier alpha value is -2.26. The molecule has 0 aliphatic heterocycles. The molecule has 0 aliphatic carbocycles. The second-order valence-electron chi connectivity index (χ2n) is 6.88. The number of rotatable bonds is 9. The Kier molecular flexibility index (Phi) is 7.55. The molecule has 0 spiro atoms. The number of aryl methyl sites for hydroxylation is 1. The molecule has 146 valence electrons. The minimum atomic E-state index is -0.234. The van der Waals surface area contributed by atoms with Crippen LogP contribution in [0.15, 0.2) is 71.6 Å². The predicted octanol–water partition coefficient (Wildman–Crippen LogP) is 7.53. The molecule has 0 aliphatic rings. The van der Waals surface area contributed by atoms with Gasteiger partial charge in [-0.15, -0.1) is 11.8 Å². The van der Waals surface area contributed by atoms with Crippen LogP contribution >= 0.6 is 11.8 Å². The van der Waals surface area contributed by atoms with Crippen molar-refractivity contribution in [2.45, 2.75) is 44.1 Å². The predicted molar refractivity (Wildman–Crippen MR) is 118 cm³/mol. The van der Waals surface area contributed by atoms with Crippen molar-refractivity contribution in [3.8, 4) is 16.9 Å². The van der Waals surface area contributed by atoms with Crippen LogP contribution in [-0.4, -0.2) is 6.26 Å². The number of hydrogen-bond donors (Lipinski definition) is 0. The summed E-state index contributed by atoms with van der Waals surface area (Å²) in [5.41, 5.74) is 3.79. The van der Waals surface area contributed by atoms with Gasteiger partial charge in [-0.2, -0.15) is 0 Å². The SMILES string of the molecule is CCCCCc1ccc(OCc2c(F)cccc2-c2ccc(SC)cc2)cc1. The summed E-state index contributed by atoms with van der Waals surface area (Å²) in [5, 5.41) is 0. The second kappa shape index (κ2) is 10.3. The molecule has 0 N–H and O–H groups in total. The molecule has 0 unspecified atom stereocenters. The van der Waals surface area contributed by atoms with E-state index in [-0.39, 0.29) is 12.4 Å². The number of halogens is 1. The van der Waals surface area contributed by atoms with Crippen LogP contribution in [0.2, 0.25) is 0 Å². The third-order valence-corrected chi connectivity index (χ3v) is 5.64. The van der Waals surface area contributed by atoms with Crippen molar-refractivity contribution in [3.63, 3.8) is 0 Å². The van der Waals surface area contributed by atoms with E-state index in [1.807, 2.05) is 36.6 Å². The molecule has 0 aromatic heterocycles. The van der Waals surface area contributed by atoms with E-state index in [2.05, 4.69) is 31.2 Å². The van der Waals surface area contributed by atoms with Crippen LogP contribution in [0.4, 0.5) is 4.39 Å². The van der Waals surface area contributed by atoms with Crippen LogP contribution in [0.5, 0.6) is 5.75 Å². The lowest BCUT2D eigenvalue weighted by molar-refractivity contribution is 0.300. The van der Waals surface area contributed by atoms with Crippen molar-refractivity contribution < 1.29 is 9.13 Å². The van der Waals surface area contributed by atoms with Gasteiger partial charge in [-0.25, -0.2) is 4.39 Å². The molecule has 3 aromatic carbocycles. The van der Waals surface area contributed by atoms with E-state index in [4.69, 9.17) is 4.74 Å². The van der Waals surface area contributed by atoms with Gasteiger partial charge < -0.3 is 4.74 Å². The Morgan fingerprint density at radius 2 is 1.64 bits per heavy atom. The Labute approximate surface area is 172 Å². The third kappa shape index (κ3) is 5.39. The van der Waals surface area contributed by atoms with Gasteiger partial charge >= 0.3 is 0 Å². The van der Waals surface area contributed by atoms with E-state index >= 15 is 0 Å². The van der Waals surface area contributed by atoms with Gasteiger partial charge in [0.05, 0.1) is 0 Å². The smallest absolute Gasteiger partial charge is 0.130 e. The summed E-state index contributed by atoms with van der Waals surface area (Å²) < 4.78 is 20.5. The van der Waals surface area contributed by atoms with Gasteiger partial charge in [0, 0.05) is 10.5 Å². The zero-order valence-corrected chi connectivity index (χ0v) is 17.4. The zero-order chi connectivity index (χ0) is 19.8. The number of benzene rings is 3. The Morgan fingerprint density at radius 3 is 2.32 bits per heavy atom. The van der Waals surface area contributed by atoms with E-state index in [1.54, 1.807) is 17.8 Å². The van der Waals surface area contributed by atoms with E-state index in [1.165, 1.54) is 35.8 Å². The topological polar surface area (TPSA) is 9.23 Å². The second-order valence-corrected chi connectivity index (χ2v) is 7.76. The van der Waals surface area contributed by atoms with Crippen LogP contribution in [-0.2, 0) is 13.0 Å². The molecular weight excluding hydrogens is 367 g/mol. The normalized spacial score (nSPS) is 10.8. The number of unbranched alkanes of at least 4 members (excludes halogenated alkanes) is 2. The van der Waals surface area contributed by atoms with Gasteiger partial charge in [-0.1, -0.05) is 56.2 Å². The van der Waals surface area contributed by atoms with Crippen LogP contribution in [0.1, 0.15) is 37.3 Å². The van der Waals surface area contributed by atoms with Crippen LogP contribution in [0.3, 0.4) is 0 Å². The minimum absolute atomic E-state index is 0.210. The summed E-state index contributed by atoms with van der Waals surface area (Å²) in [4.78, 5) is 1.19. The molecule has 28 heavy (non-hydrogen) atoms. The first-order chi connectivity index (χ1) is 13.7. The molecule has 0 amide bonds. The fourth-order valence-corrected chi connectivity index (χ4v) is 3.64. The molecule has 0 bridgehead atoms. The van der Waals surface area contributed by atoms with Crippen molar-refractivity contribution in [3.05, 3.63) is 83.7 Å². The van der Waals surface area contributed by atoms with Gasteiger partial charge in [-0.3, -0.25) is 0 Å². The molecule has 1 nitrogen and oxygen atoms in total. The van der Waals surface area contributed by atoms with E-state index in [0.717, 1.165) is 23.3 Å². The summed E-state index contributed by atoms with van der Waals surface area (Å²) in [6.07, 6.45) is 6.84. The van der Waals surface area contributed by atoms with Crippen molar-refractivity contribution in [2.24, 2.45) is 0 Å². The quantitative estimate of drug-likeness (QED) is 0.274. The maximum absolute atomic E-state index is 14.5. The standard InChI is InChI=1S/C25H27FOS/c1-3-4-5-7-19-10-14-21(15-11-19)27-18-24-23(8-6-9-25(24)26)20-12-16-22(28-2)17-13-20/h6,8-17H,3-5,7,18H2,1-2H3. The fourth-order valence-electron chi connectivity index (χ4n) is 3.23. The highest BCUT2D eigenvalue weighted by Gasteiger charge is 2.11. The number of thioether (sulfide) groups is 1. The van der Waals surface area contributed by atoms with Gasteiger partial charge in [0.15, 0.2) is 0 Å². The molecular formula is C25H27FOS. The lowest BCUT2D eigenvalue weighted by Crippen LogP contribution is -2.01. The Morgan fingerprint density at radius 1 is 0.893 bits per heavy atom. The highest BCUT2D eigenvalue weighted by Crippen LogP contribution is 2.29. The maximum atomic E-state index is 14.5. The van der Waals surface area contributed by atoms with Gasteiger partial charge in [0.2, 0.25) is 0 Å².